The van der Waals surface area contributed by atoms with Crippen molar-refractivity contribution in [3.8, 4) is 0 Å². The number of Topliss-reactive ketones (excluding diaryl/α,β-unsaturated/α-hetero) is 1. The van der Waals surface area contributed by atoms with Gasteiger partial charge in [0, 0.05) is 31.8 Å². The smallest absolute Gasteiger partial charge is 0.291 e. The molecule has 5 nitrogen and oxygen atoms in total. The molecular formula is C15H20N2O3. The number of aryl methyl sites for hydroxylation is 2. The number of carbonyl (C=O) groups excluding carboxylic acids is 2. The maximum absolute atomic E-state index is 12.6. The van der Waals surface area contributed by atoms with Crippen LogP contribution in [0.1, 0.15) is 54.2 Å². The highest BCUT2D eigenvalue weighted by atomic mass is 16.4. The van der Waals surface area contributed by atoms with Crippen LogP contribution in [0.4, 0.5) is 0 Å². The summed E-state index contributed by atoms with van der Waals surface area (Å²) in [5.41, 5.74) is 0.635. The van der Waals surface area contributed by atoms with Crippen LogP contribution in [-0.2, 0) is 4.79 Å². The number of likely N-dealkylation sites (tertiary alicyclic amines) is 1. The van der Waals surface area contributed by atoms with E-state index < -0.39 is 0 Å². The van der Waals surface area contributed by atoms with Crippen LogP contribution < -0.4 is 0 Å². The van der Waals surface area contributed by atoms with Gasteiger partial charge in [-0.3, -0.25) is 9.59 Å². The molecule has 0 bridgehead atoms. The molecule has 20 heavy (non-hydrogen) atoms. The number of rotatable bonds is 2. The summed E-state index contributed by atoms with van der Waals surface area (Å²) in [6.07, 6.45) is 4.44. The number of aromatic nitrogens is 1. The number of hydrogen-bond donors (Lipinski definition) is 0. The number of ketones is 1. The maximum atomic E-state index is 12.6. The lowest BCUT2D eigenvalue weighted by molar-refractivity contribution is -0.121. The Labute approximate surface area is 118 Å². The third-order valence-corrected chi connectivity index (χ3v) is 4.47. The Morgan fingerprint density at radius 3 is 2.70 bits per heavy atom. The fourth-order valence-corrected chi connectivity index (χ4v) is 3.57. The van der Waals surface area contributed by atoms with Gasteiger partial charge in [0.2, 0.25) is 5.76 Å². The van der Waals surface area contributed by atoms with Gasteiger partial charge in [-0.2, -0.15) is 0 Å². The van der Waals surface area contributed by atoms with Gasteiger partial charge in [0.25, 0.3) is 5.91 Å². The molecule has 108 valence electrons. The molecule has 1 saturated heterocycles. The SMILES string of the molecule is Cc1nc(C)c(C(=O)N2CCCC2C2CCCC2=O)o1. The third-order valence-electron chi connectivity index (χ3n) is 4.47. The number of carbonyl (C=O) groups is 2. The molecule has 1 amide bonds. The average molecular weight is 276 g/mol. The monoisotopic (exact) mass is 276 g/mol. The van der Waals surface area contributed by atoms with Crippen molar-refractivity contribution in [2.45, 2.75) is 52.0 Å². The molecule has 1 aromatic heterocycles. The van der Waals surface area contributed by atoms with Gasteiger partial charge in [0.15, 0.2) is 5.89 Å². The first-order valence-corrected chi connectivity index (χ1v) is 7.35. The minimum atomic E-state index is -0.106. The summed E-state index contributed by atoms with van der Waals surface area (Å²) in [5, 5.41) is 0. The van der Waals surface area contributed by atoms with Crippen molar-refractivity contribution in [3.63, 3.8) is 0 Å². The van der Waals surface area contributed by atoms with Crippen LogP contribution in [0, 0.1) is 19.8 Å². The lowest BCUT2D eigenvalue weighted by Gasteiger charge is -2.28. The lowest BCUT2D eigenvalue weighted by Crippen LogP contribution is -2.41. The van der Waals surface area contributed by atoms with Crippen molar-refractivity contribution in [2.75, 3.05) is 6.54 Å². The topological polar surface area (TPSA) is 63.4 Å². The van der Waals surface area contributed by atoms with E-state index in [-0.39, 0.29) is 17.9 Å². The Balaban J connectivity index is 1.83. The maximum Gasteiger partial charge on any atom is 0.291 e. The summed E-state index contributed by atoms with van der Waals surface area (Å²) in [6, 6.07) is 0.0577. The van der Waals surface area contributed by atoms with Crippen molar-refractivity contribution in [3.05, 3.63) is 17.3 Å². The number of amides is 1. The molecular weight excluding hydrogens is 256 g/mol. The fourth-order valence-electron chi connectivity index (χ4n) is 3.57. The van der Waals surface area contributed by atoms with Crippen molar-refractivity contribution >= 4 is 11.7 Å². The molecule has 2 heterocycles. The van der Waals surface area contributed by atoms with Crippen LogP contribution in [-0.4, -0.2) is 34.2 Å². The highest BCUT2D eigenvalue weighted by molar-refractivity contribution is 5.93. The standard InChI is InChI=1S/C15H20N2O3/c1-9-14(20-10(2)16-9)15(19)17-8-4-6-12(17)11-5-3-7-13(11)18/h11-12H,3-8H2,1-2H3. The van der Waals surface area contributed by atoms with E-state index in [9.17, 15) is 9.59 Å². The predicted molar refractivity (Wildman–Crippen MR) is 72.4 cm³/mol. The first kappa shape index (κ1) is 13.3. The molecule has 2 aliphatic rings. The zero-order valence-corrected chi connectivity index (χ0v) is 12.0. The second-order valence-electron chi connectivity index (χ2n) is 5.82. The van der Waals surface area contributed by atoms with Crippen LogP contribution in [0.3, 0.4) is 0 Å². The van der Waals surface area contributed by atoms with E-state index in [0.717, 1.165) is 25.7 Å². The molecule has 2 atom stereocenters. The molecule has 0 aromatic carbocycles. The van der Waals surface area contributed by atoms with Crippen molar-refractivity contribution < 1.29 is 14.0 Å². The molecule has 1 aliphatic heterocycles. The molecule has 1 saturated carbocycles. The molecule has 0 radical (unpaired) electrons. The summed E-state index contributed by atoms with van der Waals surface area (Å²) in [4.78, 5) is 30.6. The van der Waals surface area contributed by atoms with Gasteiger partial charge in [-0.25, -0.2) is 4.98 Å². The normalized spacial score (nSPS) is 26.5. The van der Waals surface area contributed by atoms with Gasteiger partial charge in [-0.1, -0.05) is 0 Å². The highest BCUT2D eigenvalue weighted by Gasteiger charge is 2.41. The molecule has 1 aromatic rings. The van der Waals surface area contributed by atoms with E-state index in [4.69, 9.17) is 4.42 Å². The Bertz CT molecular complexity index is 549. The average Bonchev–Trinajstić information content (AvgIpc) is 3.08. The fraction of sp³-hybridized carbons (Fsp3) is 0.667. The van der Waals surface area contributed by atoms with E-state index in [1.54, 1.807) is 13.8 Å². The molecule has 0 spiro atoms. The van der Waals surface area contributed by atoms with Gasteiger partial charge in [-0.15, -0.1) is 0 Å². The van der Waals surface area contributed by atoms with Crippen LogP contribution in [0.2, 0.25) is 0 Å². The minimum Gasteiger partial charge on any atom is -0.436 e. The van der Waals surface area contributed by atoms with Crippen molar-refractivity contribution in [1.82, 2.24) is 9.88 Å². The van der Waals surface area contributed by atoms with Gasteiger partial charge in [-0.05, 0) is 32.6 Å². The quantitative estimate of drug-likeness (QED) is 0.831. The number of hydrogen-bond acceptors (Lipinski definition) is 4. The molecule has 2 fully saturated rings. The van der Waals surface area contributed by atoms with E-state index >= 15 is 0 Å². The van der Waals surface area contributed by atoms with Gasteiger partial charge >= 0.3 is 0 Å². The lowest BCUT2D eigenvalue weighted by atomic mass is 9.95. The summed E-state index contributed by atoms with van der Waals surface area (Å²) in [6.45, 7) is 4.24. The Kier molecular flexibility index (Phi) is 3.36. The van der Waals surface area contributed by atoms with Gasteiger partial charge in [0.1, 0.15) is 5.78 Å². The van der Waals surface area contributed by atoms with Crippen molar-refractivity contribution in [2.24, 2.45) is 5.92 Å². The summed E-state index contributed by atoms with van der Waals surface area (Å²) >= 11 is 0. The summed E-state index contributed by atoms with van der Waals surface area (Å²) < 4.78 is 5.44. The molecule has 1 aliphatic carbocycles. The Morgan fingerprint density at radius 2 is 2.10 bits per heavy atom. The largest absolute Gasteiger partial charge is 0.436 e. The molecule has 0 N–H and O–H groups in total. The van der Waals surface area contributed by atoms with Gasteiger partial charge < -0.3 is 9.32 Å². The molecule has 5 heteroatoms. The van der Waals surface area contributed by atoms with Gasteiger partial charge in [0.05, 0.1) is 5.69 Å². The number of nitrogens with zero attached hydrogens (tertiary/aromatic N) is 2. The Hall–Kier alpha value is -1.65. The van der Waals surface area contributed by atoms with E-state index in [1.807, 2.05) is 4.90 Å². The van der Waals surface area contributed by atoms with Crippen molar-refractivity contribution in [1.29, 1.82) is 0 Å². The van der Waals surface area contributed by atoms with E-state index in [1.165, 1.54) is 0 Å². The first-order chi connectivity index (χ1) is 9.58. The van der Waals surface area contributed by atoms with Crippen LogP contribution in [0.25, 0.3) is 0 Å². The highest BCUT2D eigenvalue weighted by Crippen LogP contribution is 2.34. The molecule has 2 unspecified atom stereocenters. The zero-order chi connectivity index (χ0) is 14.3. The second kappa shape index (κ2) is 5.04. The predicted octanol–water partition coefficient (Wildman–Crippen LogP) is 2.27. The van der Waals surface area contributed by atoms with Crippen LogP contribution in [0.15, 0.2) is 4.42 Å². The summed E-state index contributed by atoms with van der Waals surface area (Å²) in [5.74, 6) is 1.09. The van der Waals surface area contributed by atoms with E-state index in [2.05, 4.69) is 4.98 Å². The third kappa shape index (κ3) is 2.15. The van der Waals surface area contributed by atoms with E-state index in [0.29, 0.717) is 36.1 Å². The number of oxazole rings is 1. The molecule has 3 rings (SSSR count). The Morgan fingerprint density at radius 1 is 1.30 bits per heavy atom. The first-order valence-electron chi connectivity index (χ1n) is 7.35. The summed E-state index contributed by atoms with van der Waals surface area (Å²) in [7, 11) is 0. The van der Waals surface area contributed by atoms with Crippen LogP contribution >= 0.6 is 0 Å². The minimum absolute atomic E-state index is 0.0331. The van der Waals surface area contributed by atoms with Crippen LogP contribution in [0.5, 0.6) is 0 Å². The zero-order valence-electron chi connectivity index (χ0n) is 12.0. The second-order valence-corrected chi connectivity index (χ2v) is 5.82.